The van der Waals surface area contributed by atoms with E-state index in [2.05, 4.69) is 4.74 Å². The van der Waals surface area contributed by atoms with Crippen molar-refractivity contribution in [2.45, 2.75) is 69.8 Å². The Morgan fingerprint density at radius 3 is 2.25 bits per heavy atom. The molecule has 0 bridgehead atoms. The van der Waals surface area contributed by atoms with Crippen LogP contribution in [0.2, 0.25) is 0 Å². The summed E-state index contributed by atoms with van der Waals surface area (Å²) in [5, 5.41) is 8.41. The van der Waals surface area contributed by atoms with Gasteiger partial charge in [-0.3, -0.25) is 0 Å². The molecule has 0 unspecified atom stereocenters. The largest absolute Gasteiger partial charge is 0.573 e. The molecule has 1 aromatic carbocycles. The molecule has 0 heterocycles. The smallest absolute Gasteiger partial charge is 0.406 e. The fourth-order valence-electron chi connectivity index (χ4n) is 4.66. The number of hydrogen-bond acceptors (Lipinski definition) is 3. The molecule has 0 amide bonds. The van der Waals surface area contributed by atoms with Crippen molar-refractivity contribution in [1.82, 2.24) is 0 Å². The number of allylic oxidation sites excluding steroid dienone is 4. The van der Waals surface area contributed by atoms with E-state index in [1.807, 2.05) is 6.08 Å². The number of benzene rings is 1. The predicted octanol–water partition coefficient (Wildman–Crippen LogP) is 7.37. The van der Waals surface area contributed by atoms with E-state index in [0.717, 1.165) is 63.5 Å². The molecule has 2 aliphatic rings. The highest BCUT2D eigenvalue weighted by Gasteiger charge is 2.31. The molecule has 3 rings (SSSR count). The Hall–Kier alpha value is -2.33. The minimum absolute atomic E-state index is 0.186. The number of alkyl halides is 3. The number of halogens is 4. The first-order chi connectivity index (χ1) is 15.3. The average molecular weight is 452 g/mol. The maximum Gasteiger partial charge on any atom is 0.573 e. The monoisotopic (exact) mass is 451 g/mol. The molecule has 1 aromatic rings. The third-order valence-electron chi connectivity index (χ3n) is 6.45. The molecule has 0 N–H and O–H groups in total. The molecule has 3 nitrogen and oxygen atoms in total. The van der Waals surface area contributed by atoms with Crippen LogP contribution in [0.1, 0.15) is 62.8 Å². The quantitative estimate of drug-likeness (QED) is 0.247. The van der Waals surface area contributed by atoms with Gasteiger partial charge in [0.1, 0.15) is 11.8 Å². The zero-order valence-electron chi connectivity index (χ0n) is 18.0. The highest BCUT2D eigenvalue weighted by molar-refractivity contribution is 5.30. The second-order valence-electron chi connectivity index (χ2n) is 8.72. The molecule has 2 saturated carbocycles. The van der Waals surface area contributed by atoms with E-state index >= 15 is 0 Å². The molecular weight excluding hydrogens is 422 g/mol. The molecule has 0 atom stereocenters. The average Bonchev–Trinajstić information content (AvgIpc) is 2.78. The van der Waals surface area contributed by atoms with Crippen molar-refractivity contribution in [2.24, 2.45) is 11.8 Å². The van der Waals surface area contributed by atoms with E-state index in [9.17, 15) is 17.6 Å². The Labute approximate surface area is 186 Å². The Kier molecular flexibility index (Phi) is 8.75. The molecule has 32 heavy (non-hydrogen) atoms. The van der Waals surface area contributed by atoms with Gasteiger partial charge in [-0.05, 0) is 92.9 Å². The van der Waals surface area contributed by atoms with Crippen LogP contribution in [-0.2, 0) is 4.74 Å². The van der Waals surface area contributed by atoms with Crippen molar-refractivity contribution in [3.05, 3.63) is 53.9 Å². The van der Waals surface area contributed by atoms with E-state index in [1.165, 1.54) is 24.3 Å². The van der Waals surface area contributed by atoms with Crippen molar-refractivity contribution >= 4 is 0 Å². The minimum atomic E-state index is -4.67. The Bertz CT molecular complexity index is 810. The Morgan fingerprint density at radius 1 is 1.00 bits per heavy atom. The lowest BCUT2D eigenvalue weighted by molar-refractivity contribution is -0.274. The van der Waals surface area contributed by atoms with E-state index in [-0.39, 0.29) is 11.9 Å². The lowest BCUT2D eigenvalue weighted by atomic mass is 9.81. The van der Waals surface area contributed by atoms with Crippen LogP contribution in [-0.4, -0.2) is 19.1 Å². The summed E-state index contributed by atoms with van der Waals surface area (Å²) >= 11 is 0. The number of nitrogens with zero attached hydrogens (tertiary/aromatic N) is 1. The van der Waals surface area contributed by atoms with Crippen molar-refractivity contribution in [3.8, 4) is 11.8 Å². The molecule has 7 heteroatoms. The summed E-state index contributed by atoms with van der Waals surface area (Å²) in [6.45, 7) is 0.762. The minimum Gasteiger partial charge on any atom is -0.406 e. The summed E-state index contributed by atoms with van der Waals surface area (Å²) in [6, 6.07) is 7.68. The molecule has 0 radical (unpaired) electrons. The molecule has 174 valence electrons. The maximum absolute atomic E-state index is 12.8. The van der Waals surface area contributed by atoms with Gasteiger partial charge < -0.3 is 9.47 Å². The SMILES string of the molecule is N#C/C(F)=C/C=C/C1CCC(COC2CCC(c3ccc(OC(F)(F)F)cc3)CC2)CC1. The third kappa shape index (κ3) is 7.98. The highest BCUT2D eigenvalue weighted by Crippen LogP contribution is 2.36. The first-order valence-corrected chi connectivity index (χ1v) is 11.2. The number of rotatable bonds is 7. The normalized spacial score (nSPS) is 27.3. The van der Waals surface area contributed by atoms with Gasteiger partial charge in [0.2, 0.25) is 0 Å². The van der Waals surface area contributed by atoms with Crippen LogP contribution in [0.3, 0.4) is 0 Å². The Balaban J connectivity index is 1.34. The van der Waals surface area contributed by atoms with E-state index < -0.39 is 12.2 Å². The highest BCUT2D eigenvalue weighted by atomic mass is 19.4. The fourth-order valence-corrected chi connectivity index (χ4v) is 4.66. The second kappa shape index (κ2) is 11.5. The molecule has 0 aromatic heterocycles. The van der Waals surface area contributed by atoms with Gasteiger partial charge in [-0.2, -0.15) is 9.65 Å². The van der Waals surface area contributed by atoms with E-state index in [1.54, 1.807) is 18.2 Å². The van der Waals surface area contributed by atoms with Gasteiger partial charge in [-0.15, -0.1) is 13.2 Å². The number of hydrogen-bond donors (Lipinski definition) is 0. The number of nitriles is 1. The van der Waals surface area contributed by atoms with Crippen molar-refractivity contribution in [2.75, 3.05) is 6.61 Å². The van der Waals surface area contributed by atoms with Gasteiger partial charge in [0.05, 0.1) is 6.10 Å². The van der Waals surface area contributed by atoms with Gasteiger partial charge in [0.25, 0.3) is 0 Å². The number of ether oxygens (including phenoxy) is 2. The lowest BCUT2D eigenvalue weighted by Crippen LogP contribution is -2.25. The van der Waals surface area contributed by atoms with Crippen molar-refractivity contribution < 1.29 is 27.0 Å². The van der Waals surface area contributed by atoms with Crippen LogP contribution < -0.4 is 4.74 Å². The van der Waals surface area contributed by atoms with E-state index in [0.29, 0.717) is 17.8 Å². The van der Waals surface area contributed by atoms with Crippen LogP contribution >= 0.6 is 0 Å². The topological polar surface area (TPSA) is 42.2 Å². The van der Waals surface area contributed by atoms with Crippen LogP contribution in [0.15, 0.2) is 48.3 Å². The predicted molar refractivity (Wildman–Crippen MR) is 113 cm³/mol. The molecule has 0 spiro atoms. The van der Waals surface area contributed by atoms with Crippen molar-refractivity contribution in [3.63, 3.8) is 0 Å². The van der Waals surface area contributed by atoms with Crippen LogP contribution in [0.25, 0.3) is 0 Å². The van der Waals surface area contributed by atoms with Crippen LogP contribution in [0.5, 0.6) is 5.75 Å². The molecule has 2 aliphatic carbocycles. The van der Waals surface area contributed by atoms with Crippen molar-refractivity contribution in [1.29, 1.82) is 5.26 Å². The first-order valence-electron chi connectivity index (χ1n) is 11.2. The summed E-state index contributed by atoms with van der Waals surface area (Å²) in [5.74, 6) is 0.360. The standard InChI is InChI=1S/C25H29F4NO2/c26-22(16-30)3-1-2-18-4-6-19(7-5-18)17-31-23-12-8-20(9-13-23)21-10-14-24(15-11-21)32-25(27,28)29/h1-3,10-11,14-15,18-20,23H,4-9,12-13,17H2/b2-1+,22-3-. The summed E-state index contributed by atoms with van der Waals surface area (Å²) in [5.41, 5.74) is 1.05. The maximum atomic E-state index is 12.8. The first kappa shape index (κ1) is 24.3. The lowest BCUT2D eigenvalue weighted by Gasteiger charge is -2.32. The van der Waals surface area contributed by atoms with Gasteiger partial charge >= 0.3 is 6.36 Å². The Morgan fingerprint density at radius 2 is 1.66 bits per heavy atom. The van der Waals surface area contributed by atoms with Crippen LogP contribution in [0, 0.1) is 23.2 Å². The van der Waals surface area contributed by atoms with Gasteiger partial charge in [0.15, 0.2) is 5.83 Å². The molecule has 2 fully saturated rings. The summed E-state index contributed by atoms with van der Waals surface area (Å²) in [7, 11) is 0. The third-order valence-corrected chi connectivity index (χ3v) is 6.45. The molecule has 0 aliphatic heterocycles. The second-order valence-corrected chi connectivity index (χ2v) is 8.72. The molecular formula is C25H29F4NO2. The van der Waals surface area contributed by atoms with Gasteiger partial charge in [-0.25, -0.2) is 0 Å². The zero-order valence-corrected chi connectivity index (χ0v) is 18.0. The molecule has 0 saturated heterocycles. The summed E-state index contributed by atoms with van der Waals surface area (Å²) in [4.78, 5) is 0. The van der Waals surface area contributed by atoms with E-state index in [4.69, 9.17) is 10.00 Å². The van der Waals surface area contributed by atoms with Gasteiger partial charge in [0, 0.05) is 6.61 Å². The zero-order chi connectivity index (χ0) is 23.0. The fraction of sp³-hybridized carbons (Fsp3) is 0.560. The van der Waals surface area contributed by atoms with Crippen LogP contribution in [0.4, 0.5) is 17.6 Å². The summed E-state index contributed by atoms with van der Waals surface area (Å²) < 4.78 is 59.8. The van der Waals surface area contributed by atoms with Gasteiger partial charge in [-0.1, -0.05) is 24.3 Å². The summed E-state index contributed by atoms with van der Waals surface area (Å²) in [6.07, 6.45) is 8.52.